The molecule has 1 aromatic rings. The van der Waals surface area contributed by atoms with E-state index in [0.717, 1.165) is 0 Å². The molecule has 0 saturated heterocycles. The molecule has 0 unspecified atom stereocenters. The minimum absolute atomic E-state index is 0.118. The molecular weight excluding hydrogens is 258 g/mol. The van der Waals surface area contributed by atoms with Crippen molar-refractivity contribution in [2.75, 3.05) is 13.7 Å². The molecule has 18 heavy (non-hydrogen) atoms. The van der Waals surface area contributed by atoms with Crippen LogP contribution in [-0.2, 0) is 19.6 Å². The van der Waals surface area contributed by atoms with Crippen LogP contribution >= 0.6 is 0 Å². The summed E-state index contributed by atoms with van der Waals surface area (Å²) in [6.07, 6.45) is 0. The Morgan fingerprint density at radius 3 is 2.83 bits per heavy atom. The van der Waals surface area contributed by atoms with Gasteiger partial charge in [-0.3, -0.25) is 15.2 Å². The number of aliphatic imine (C=N–C) groups is 1. The van der Waals surface area contributed by atoms with Gasteiger partial charge in [0.2, 0.25) is 0 Å². The van der Waals surface area contributed by atoms with E-state index in [1.54, 1.807) is 18.2 Å². The lowest BCUT2D eigenvalue weighted by Gasteiger charge is -2.20. The maximum atomic E-state index is 11.7. The van der Waals surface area contributed by atoms with E-state index in [0.29, 0.717) is 5.56 Å². The van der Waals surface area contributed by atoms with Gasteiger partial charge in [-0.25, -0.2) is 8.42 Å². The van der Waals surface area contributed by atoms with Gasteiger partial charge < -0.3 is 4.74 Å². The van der Waals surface area contributed by atoms with E-state index in [9.17, 15) is 13.2 Å². The van der Waals surface area contributed by atoms with Gasteiger partial charge in [0.1, 0.15) is 12.4 Å². The number of carbonyl (C=O) groups excluding carboxylic acids is 1. The summed E-state index contributed by atoms with van der Waals surface area (Å²) < 4.78 is 27.8. The molecule has 0 radical (unpaired) electrons. The number of amidine groups is 1. The molecule has 0 aliphatic carbocycles. The molecule has 0 saturated carbocycles. The number of benzene rings is 1. The quantitative estimate of drug-likeness (QED) is 0.699. The first-order valence-electron chi connectivity index (χ1n) is 5.03. The van der Waals surface area contributed by atoms with Crippen molar-refractivity contribution in [3.05, 3.63) is 29.8 Å². The van der Waals surface area contributed by atoms with Gasteiger partial charge in [-0.15, -0.1) is 4.83 Å². The van der Waals surface area contributed by atoms with Crippen molar-refractivity contribution in [2.24, 2.45) is 4.99 Å². The fourth-order valence-electron chi connectivity index (χ4n) is 1.47. The van der Waals surface area contributed by atoms with Crippen molar-refractivity contribution < 1.29 is 17.9 Å². The van der Waals surface area contributed by atoms with Crippen molar-refractivity contribution in [2.45, 2.75) is 4.90 Å². The van der Waals surface area contributed by atoms with E-state index in [1.807, 2.05) is 0 Å². The number of rotatable bonds is 2. The monoisotopic (exact) mass is 269 g/mol. The zero-order chi connectivity index (χ0) is 13.2. The molecular formula is C10H11N3O4S. The topological polar surface area (TPSA) is 96.9 Å². The molecule has 0 atom stereocenters. The first-order chi connectivity index (χ1) is 8.54. The standard InChI is InChI=1S/C10H11N3O4S/c1-17-9(14)6-11-10-7-4-2-3-5-8(7)18(15,16)13-12-10/h2-5,13H,6H2,1H3,(H,11,12). The number of carbonyl (C=O) groups is 1. The fourth-order valence-corrected chi connectivity index (χ4v) is 2.52. The lowest BCUT2D eigenvalue weighted by molar-refractivity contribution is -0.138. The average molecular weight is 269 g/mol. The minimum Gasteiger partial charge on any atom is -0.468 e. The third-order valence-corrected chi connectivity index (χ3v) is 3.64. The Bertz CT molecular complexity index is 609. The molecule has 0 fully saturated rings. The Kier molecular flexibility index (Phi) is 3.30. The summed E-state index contributed by atoms with van der Waals surface area (Å²) in [5, 5.41) is 0. The Balaban J connectivity index is 2.40. The molecule has 0 bridgehead atoms. The van der Waals surface area contributed by atoms with Gasteiger partial charge in [-0.1, -0.05) is 12.1 Å². The summed E-state index contributed by atoms with van der Waals surface area (Å²) in [6, 6.07) is 6.37. The maximum Gasteiger partial charge on any atom is 0.327 e. The van der Waals surface area contributed by atoms with Crippen LogP contribution < -0.4 is 10.3 Å². The molecule has 1 aromatic carbocycles. The number of methoxy groups -OCH3 is 1. The summed E-state index contributed by atoms with van der Waals surface area (Å²) in [6.45, 7) is -0.186. The first kappa shape index (κ1) is 12.5. The molecule has 0 spiro atoms. The van der Waals surface area contributed by atoms with E-state index in [-0.39, 0.29) is 17.3 Å². The second-order valence-corrected chi connectivity index (χ2v) is 5.12. The first-order valence-corrected chi connectivity index (χ1v) is 6.51. The van der Waals surface area contributed by atoms with Gasteiger partial charge in [0.15, 0.2) is 0 Å². The predicted molar refractivity (Wildman–Crippen MR) is 63.3 cm³/mol. The number of nitrogens with one attached hydrogen (secondary N) is 2. The third-order valence-electron chi connectivity index (χ3n) is 2.33. The van der Waals surface area contributed by atoms with Crippen LogP contribution in [0.15, 0.2) is 34.2 Å². The highest BCUT2D eigenvalue weighted by Crippen LogP contribution is 2.18. The molecule has 0 amide bonds. The Labute approximate surface area is 104 Å². The lowest BCUT2D eigenvalue weighted by atomic mass is 10.2. The number of nitrogens with zero attached hydrogens (tertiary/aromatic N) is 1. The van der Waals surface area contributed by atoms with E-state index >= 15 is 0 Å². The van der Waals surface area contributed by atoms with Gasteiger partial charge in [0, 0.05) is 5.56 Å². The highest BCUT2D eigenvalue weighted by atomic mass is 32.2. The van der Waals surface area contributed by atoms with Crippen LogP contribution in [0.2, 0.25) is 0 Å². The van der Waals surface area contributed by atoms with Gasteiger partial charge in [-0.05, 0) is 12.1 Å². The van der Waals surface area contributed by atoms with Gasteiger partial charge >= 0.3 is 5.97 Å². The lowest BCUT2D eigenvalue weighted by Crippen LogP contribution is -2.47. The van der Waals surface area contributed by atoms with Crippen molar-refractivity contribution >= 4 is 21.8 Å². The van der Waals surface area contributed by atoms with E-state index < -0.39 is 16.0 Å². The highest BCUT2D eigenvalue weighted by molar-refractivity contribution is 7.89. The Morgan fingerprint density at radius 2 is 2.11 bits per heavy atom. The second-order valence-electron chi connectivity index (χ2n) is 3.47. The Hall–Kier alpha value is -1.93. The number of sulfonamides is 1. The van der Waals surface area contributed by atoms with Gasteiger partial charge in [-0.2, -0.15) is 0 Å². The molecule has 7 nitrogen and oxygen atoms in total. The number of hydrazine groups is 1. The zero-order valence-electron chi connectivity index (χ0n) is 9.50. The number of hydrogen-bond donors (Lipinski definition) is 2. The summed E-state index contributed by atoms with van der Waals surface area (Å²) in [4.78, 5) is 17.2. The summed E-state index contributed by atoms with van der Waals surface area (Å²) in [5.74, 6) is -0.221. The number of hydrogen-bond acceptors (Lipinski definition) is 5. The summed E-state index contributed by atoms with van der Waals surface area (Å²) >= 11 is 0. The van der Waals surface area contributed by atoms with Crippen molar-refractivity contribution in [1.29, 1.82) is 0 Å². The van der Waals surface area contributed by atoms with Crippen molar-refractivity contribution in [3.8, 4) is 0 Å². The molecule has 1 aliphatic heterocycles. The highest BCUT2D eigenvalue weighted by Gasteiger charge is 2.26. The van der Waals surface area contributed by atoms with Gasteiger partial charge in [0.25, 0.3) is 10.0 Å². The average Bonchev–Trinajstić information content (AvgIpc) is 2.38. The molecule has 2 N–H and O–H groups in total. The third kappa shape index (κ3) is 2.34. The van der Waals surface area contributed by atoms with Crippen molar-refractivity contribution in [3.63, 3.8) is 0 Å². The van der Waals surface area contributed by atoms with E-state index in [1.165, 1.54) is 13.2 Å². The van der Waals surface area contributed by atoms with Gasteiger partial charge in [0.05, 0.1) is 12.0 Å². The molecule has 8 heteroatoms. The van der Waals surface area contributed by atoms with Crippen LogP contribution in [0, 0.1) is 0 Å². The molecule has 1 heterocycles. The number of fused-ring (bicyclic) bond motifs is 1. The minimum atomic E-state index is -3.58. The van der Waals surface area contributed by atoms with Crippen molar-refractivity contribution in [1.82, 2.24) is 10.3 Å². The van der Waals surface area contributed by atoms with E-state index in [4.69, 9.17) is 0 Å². The summed E-state index contributed by atoms with van der Waals surface area (Å²) in [5.41, 5.74) is 2.87. The molecule has 96 valence electrons. The van der Waals surface area contributed by atoms with E-state index in [2.05, 4.69) is 20.0 Å². The predicted octanol–water partition coefficient (Wildman–Crippen LogP) is -0.597. The van der Waals surface area contributed by atoms with Crippen LogP contribution in [0.1, 0.15) is 5.56 Å². The smallest absolute Gasteiger partial charge is 0.327 e. The molecule has 1 aliphatic rings. The van der Waals surface area contributed by atoms with Crippen LogP contribution in [0.4, 0.5) is 0 Å². The normalized spacial score (nSPS) is 18.8. The number of ether oxygens (including phenoxy) is 1. The van der Waals surface area contributed by atoms with Crippen LogP contribution in [0.25, 0.3) is 0 Å². The summed E-state index contributed by atoms with van der Waals surface area (Å²) in [7, 11) is -2.32. The molecule has 2 rings (SSSR count). The van der Waals surface area contributed by atoms with Crippen LogP contribution in [-0.4, -0.2) is 33.9 Å². The van der Waals surface area contributed by atoms with Crippen LogP contribution in [0.3, 0.4) is 0 Å². The molecule has 0 aromatic heterocycles. The fraction of sp³-hybridized carbons (Fsp3) is 0.200. The number of esters is 1. The SMILES string of the molecule is COC(=O)CN=C1NNS(=O)(=O)c2ccccc21. The second kappa shape index (κ2) is 4.75. The maximum absolute atomic E-state index is 11.7. The largest absolute Gasteiger partial charge is 0.468 e. The van der Waals surface area contributed by atoms with Crippen LogP contribution in [0.5, 0.6) is 0 Å². The Morgan fingerprint density at radius 1 is 1.39 bits per heavy atom. The zero-order valence-corrected chi connectivity index (χ0v) is 10.3.